The van der Waals surface area contributed by atoms with Crippen molar-refractivity contribution < 1.29 is 18.9 Å². The van der Waals surface area contributed by atoms with Crippen molar-refractivity contribution in [3.8, 4) is 23.0 Å². The molecule has 2 aromatic carbocycles. The molecule has 1 heterocycles. The summed E-state index contributed by atoms with van der Waals surface area (Å²) in [5.41, 5.74) is 2.08. The molecular formula is C21H26N2O4S. The van der Waals surface area contributed by atoms with E-state index in [1.54, 1.807) is 28.4 Å². The van der Waals surface area contributed by atoms with E-state index >= 15 is 0 Å². The number of benzene rings is 2. The van der Waals surface area contributed by atoms with Gasteiger partial charge < -0.3 is 28.7 Å². The summed E-state index contributed by atoms with van der Waals surface area (Å²) in [7, 11) is 6.49. The van der Waals surface area contributed by atoms with Crippen LogP contribution in [0.15, 0.2) is 36.4 Å². The second kappa shape index (κ2) is 9.01. The van der Waals surface area contributed by atoms with Gasteiger partial charge in [-0.25, -0.2) is 0 Å². The number of nitrogens with zero attached hydrogens (tertiary/aromatic N) is 2. The number of ether oxygens (including phenoxy) is 4. The summed E-state index contributed by atoms with van der Waals surface area (Å²) >= 11 is 5.76. The maximum atomic E-state index is 5.76. The van der Waals surface area contributed by atoms with Crippen LogP contribution in [0.2, 0.25) is 0 Å². The molecule has 150 valence electrons. The third kappa shape index (κ3) is 4.09. The van der Waals surface area contributed by atoms with Crippen molar-refractivity contribution >= 4 is 22.9 Å². The first-order chi connectivity index (χ1) is 13.6. The first kappa shape index (κ1) is 20.1. The van der Waals surface area contributed by atoms with Crippen molar-refractivity contribution in [2.24, 2.45) is 0 Å². The molecule has 0 unspecified atom stereocenters. The topological polar surface area (TPSA) is 43.4 Å². The fourth-order valence-corrected chi connectivity index (χ4v) is 3.65. The van der Waals surface area contributed by atoms with Gasteiger partial charge in [-0.1, -0.05) is 12.2 Å². The van der Waals surface area contributed by atoms with Crippen LogP contribution in [0.5, 0.6) is 23.0 Å². The van der Waals surface area contributed by atoms with E-state index in [0.717, 1.165) is 42.5 Å². The average Bonchev–Trinajstić information content (AvgIpc) is 2.77. The van der Waals surface area contributed by atoms with Crippen molar-refractivity contribution in [1.82, 2.24) is 4.90 Å². The number of thiocarbonyl (C=S) groups is 1. The zero-order valence-electron chi connectivity index (χ0n) is 16.7. The lowest BCUT2D eigenvalue weighted by atomic mass is 10.1. The van der Waals surface area contributed by atoms with E-state index in [0.29, 0.717) is 17.2 Å². The van der Waals surface area contributed by atoms with E-state index in [2.05, 4.69) is 21.9 Å². The fourth-order valence-electron chi connectivity index (χ4n) is 3.35. The molecule has 0 aliphatic carbocycles. The Hall–Kier alpha value is -2.67. The minimum absolute atomic E-state index is 0.570. The monoisotopic (exact) mass is 402 g/mol. The van der Waals surface area contributed by atoms with Crippen LogP contribution in [0.25, 0.3) is 0 Å². The van der Waals surface area contributed by atoms with Crippen molar-refractivity contribution in [2.45, 2.75) is 0 Å². The standard InChI is InChI=1S/C21H26N2O4S/c1-24-17-7-5-16(6-8-17)22-9-11-23(12-10-22)21(28)15-13-18(25-2)20(27-4)19(14-15)26-3/h5-8,13-14H,9-12H2,1-4H3. The Kier molecular flexibility index (Phi) is 6.46. The molecule has 7 heteroatoms. The Morgan fingerprint density at radius 3 is 1.82 bits per heavy atom. The lowest BCUT2D eigenvalue weighted by Crippen LogP contribution is -2.48. The van der Waals surface area contributed by atoms with Crippen molar-refractivity contribution in [3.05, 3.63) is 42.0 Å². The summed E-state index contributed by atoms with van der Waals surface area (Å²) in [6.45, 7) is 3.50. The molecule has 1 fully saturated rings. The third-order valence-corrected chi connectivity index (χ3v) is 5.41. The average molecular weight is 403 g/mol. The highest BCUT2D eigenvalue weighted by Gasteiger charge is 2.22. The molecule has 0 amide bonds. The van der Waals surface area contributed by atoms with Crippen molar-refractivity contribution in [3.63, 3.8) is 0 Å². The first-order valence-corrected chi connectivity index (χ1v) is 9.50. The SMILES string of the molecule is COc1ccc(N2CCN(C(=S)c3cc(OC)c(OC)c(OC)c3)CC2)cc1. The summed E-state index contributed by atoms with van der Waals surface area (Å²) in [6.07, 6.45) is 0. The summed E-state index contributed by atoms with van der Waals surface area (Å²) in [5, 5.41) is 0. The second-order valence-corrected chi connectivity index (χ2v) is 6.78. The van der Waals surface area contributed by atoms with Crippen LogP contribution >= 0.6 is 12.2 Å². The number of rotatable bonds is 6. The molecule has 1 aliphatic heterocycles. The van der Waals surface area contributed by atoms with Crippen LogP contribution in [0.4, 0.5) is 5.69 Å². The minimum atomic E-state index is 0.570. The van der Waals surface area contributed by atoms with Crippen LogP contribution in [0.3, 0.4) is 0 Å². The highest BCUT2D eigenvalue weighted by Crippen LogP contribution is 2.38. The lowest BCUT2D eigenvalue weighted by molar-refractivity contribution is 0.324. The van der Waals surface area contributed by atoms with Gasteiger partial charge in [-0.05, 0) is 36.4 Å². The number of piperazine rings is 1. The molecule has 1 saturated heterocycles. The molecule has 28 heavy (non-hydrogen) atoms. The molecule has 3 rings (SSSR count). The van der Waals surface area contributed by atoms with Crippen molar-refractivity contribution in [1.29, 1.82) is 0 Å². The van der Waals surface area contributed by atoms with Gasteiger partial charge in [0.25, 0.3) is 0 Å². The van der Waals surface area contributed by atoms with E-state index in [1.165, 1.54) is 5.69 Å². The highest BCUT2D eigenvalue weighted by atomic mass is 32.1. The Morgan fingerprint density at radius 1 is 0.786 bits per heavy atom. The summed E-state index contributed by atoms with van der Waals surface area (Å²) in [5.74, 6) is 2.65. The van der Waals surface area contributed by atoms with E-state index in [9.17, 15) is 0 Å². The molecule has 1 aliphatic rings. The van der Waals surface area contributed by atoms with E-state index in [1.807, 2.05) is 24.3 Å². The number of hydrogen-bond acceptors (Lipinski definition) is 6. The quantitative estimate of drug-likeness (QED) is 0.688. The molecule has 0 N–H and O–H groups in total. The molecule has 0 bridgehead atoms. The van der Waals surface area contributed by atoms with Crippen LogP contribution in [0.1, 0.15) is 5.56 Å². The zero-order chi connectivity index (χ0) is 20.1. The molecule has 0 radical (unpaired) electrons. The molecular weight excluding hydrogens is 376 g/mol. The number of hydrogen-bond donors (Lipinski definition) is 0. The van der Waals surface area contributed by atoms with Gasteiger partial charge in [-0.3, -0.25) is 0 Å². The number of methoxy groups -OCH3 is 4. The van der Waals surface area contributed by atoms with Gasteiger partial charge in [0, 0.05) is 37.4 Å². The lowest BCUT2D eigenvalue weighted by Gasteiger charge is -2.37. The molecule has 0 aromatic heterocycles. The highest BCUT2D eigenvalue weighted by molar-refractivity contribution is 7.80. The molecule has 0 saturated carbocycles. The van der Waals surface area contributed by atoms with E-state index < -0.39 is 0 Å². The second-order valence-electron chi connectivity index (χ2n) is 6.39. The molecule has 0 atom stereocenters. The van der Waals surface area contributed by atoms with E-state index in [-0.39, 0.29) is 0 Å². The summed E-state index contributed by atoms with van der Waals surface area (Å²) < 4.78 is 21.5. The summed E-state index contributed by atoms with van der Waals surface area (Å²) in [6, 6.07) is 12.0. The Labute approximate surface area is 171 Å². The maximum absolute atomic E-state index is 5.76. The van der Waals surface area contributed by atoms with Gasteiger partial charge in [-0.15, -0.1) is 0 Å². The normalized spacial score (nSPS) is 13.9. The Balaban J connectivity index is 1.71. The van der Waals surface area contributed by atoms with Gasteiger partial charge >= 0.3 is 0 Å². The Morgan fingerprint density at radius 2 is 1.36 bits per heavy atom. The van der Waals surface area contributed by atoms with Crippen LogP contribution in [-0.2, 0) is 0 Å². The minimum Gasteiger partial charge on any atom is -0.497 e. The van der Waals surface area contributed by atoms with E-state index in [4.69, 9.17) is 31.2 Å². The first-order valence-electron chi connectivity index (χ1n) is 9.09. The van der Waals surface area contributed by atoms with Crippen LogP contribution in [-0.4, -0.2) is 64.5 Å². The molecule has 2 aromatic rings. The van der Waals surface area contributed by atoms with Gasteiger partial charge in [-0.2, -0.15) is 0 Å². The predicted octanol–water partition coefficient (Wildman–Crippen LogP) is 3.22. The largest absolute Gasteiger partial charge is 0.497 e. The van der Waals surface area contributed by atoms with Crippen molar-refractivity contribution in [2.75, 3.05) is 59.5 Å². The van der Waals surface area contributed by atoms with Crippen LogP contribution in [0, 0.1) is 0 Å². The Bertz CT molecular complexity index is 793. The van der Waals surface area contributed by atoms with Crippen LogP contribution < -0.4 is 23.8 Å². The number of anilines is 1. The molecule has 6 nitrogen and oxygen atoms in total. The third-order valence-electron chi connectivity index (χ3n) is 4.92. The molecule has 0 spiro atoms. The van der Waals surface area contributed by atoms with Gasteiger partial charge in [0.05, 0.1) is 28.4 Å². The summed E-state index contributed by atoms with van der Waals surface area (Å²) in [4.78, 5) is 5.36. The fraction of sp³-hybridized carbons (Fsp3) is 0.381. The smallest absolute Gasteiger partial charge is 0.203 e. The van der Waals surface area contributed by atoms with Gasteiger partial charge in [0.15, 0.2) is 11.5 Å². The predicted molar refractivity (Wildman–Crippen MR) is 115 cm³/mol. The van der Waals surface area contributed by atoms with Gasteiger partial charge in [0.1, 0.15) is 10.7 Å². The zero-order valence-corrected chi connectivity index (χ0v) is 17.5. The maximum Gasteiger partial charge on any atom is 0.203 e. The van der Waals surface area contributed by atoms with Gasteiger partial charge in [0.2, 0.25) is 5.75 Å².